The molecule has 7 heteroatoms. The summed E-state index contributed by atoms with van der Waals surface area (Å²) in [7, 11) is 0. The van der Waals surface area contributed by atoms with Crippen LogP contribution in [0.25, 0.3) is 0 Å². The molecule has 1 N–H and O–H groups in total. The number of hydrogen-bond donors (Lipinski definition) is 1. The van der Waals surface area contributed by atoms with Crippen LogP contribution in [0.5, 0.6) is 0 Å². The van der Waals surface area contributed by atoms with E-state index >= 15 is 0 Å². The molecule has 1 rings (SSSR count). The average Bonchev–Trinajstić information content (AvgIpc) is 2.63. The highest BCUT2D eigenvalue weighted by atomic mass is 16.6. The summed E-state index contributed by atoms with van der Waals surface area (Å²) < 4.78 is 10.4. The van der Waals surface area contributed by atoms with Crippen LogP contribution < -0.4 is 0 Å². The molecule has 148 valence electrons. The van der Waals surface area contributed by atoms with E-state index in [0.29, 0.717) is 5.56 Å². The molecule has 0 aromatic heterocycles. The molecule has 0 spiro atoms. The van der Waals surface area contributed by atoms with Crippen molar-refractivity contribution in [1.29, 1.82) is 0 Å². The van der Waals surface area contributed by atoms with Crippen molar-refractivity contribution in [2.24, 2.45) is 5.41 Å². The summed E-state index contributed by atoms with van der Waals surface area (Å²) in [6.45, 7) is 5.73. The molecule has 0 heterocycles. The van der Waals surface area contributed by atoms with Crippen LogP contribution in [-0.2, 0) is 35.1 Å². The first-order valence-corrected chi connectivity index (χ1v) is 8.89. The van der Waals surface area contributed by atoms with Gasteiger partial charge in [0.2, 0.25) is 0 Å². The third kappa shape index (κ3) is 4.53. The van der Waals surface area contributed by atoms with Crippen molar-refractivity contribution in [2.75, 3.05) is 6.61 Å². The minimum atomic E-state index is -2.24. The van der Waals surface area contributed by atoms with Gasteiger partial charge in [-0.2, -0.15) is 0 Å². The minimum Gasteiger partial charge on any atom is -0.480 e. The van der Waals surface area contributed by atoms with E-state index in [4.69, 9.17) is 9.47 Å². The van der Waals surface area contributed by atoms with Crippen LogP contribution in [0, 0.1) is 5.41 Å². The second-order valence-corrected chi connectivity index (χ2v) is 6.25. The van der Waals surface area contributed by atoms with Crippen LogP contribution in [0.15, 0.2) is 30.3 Å². The average molecular weight is 378 g/mol. The lowest BCUT2D eigenvalue weighted by Crippen LogP contribution is -2.55. The number of aliphatic carboxylic acids is 1. The smallest absolute Gasteiger partial charge is 0.358 e. The molecule has 0 radical (unpaired) electrons. The zero-order chi connectivity index (χ0) is 20.7. The van der Waals surface area contributed by atoms with Crippen LogP contribution in [0.2, 0.25) is 0 Å². The Morgan fingerprint density at radius 2 is 1.52 bits per heavy atom. The molecule has 1 unspecified atom stereocenters. The molecule has 27 heavy (non-hydrogen) atoms. The first-order chi connectivity index (χ1) is 12.7. The molecule has 0 amide bonds. The Kier molecular flexibility index (Phi) is 7.69. The molecule has 1 aromatic rings. The predicted octanol–water partition coefficient (Wildman–Crippen LogP) is 2.55. The standard InChI is InChI=1S/C20H26O7/c1-5-19(6-2,16(22)23)17(24)27-20(14(4)21,18(25)26-7-3)13-15-11-9-8-10-12-15/h8-12H,5-7,13H2,1-4H3,(H,22,23). The largest absolute Gasteiger partial charge is 0.480 e. The lowest BCUT2D eigenvalue weighted by Gasteiger charge is -2.33. The van der Waals surface area contributed by atoms with E-state index in [-0.39, 0.29) is 25.9 Å². The quantitative estimate of drug-likeness (QED) is 0.492. The lowest BCUT2D eigenvalue weighted by atomic mass is 9.81. The zero-order valence-electron chi connectivity index (χ0n) is 16.1. The van der Waals surface area contributed by atoms with Gasteiger partial charge in [0.15, 0.2) is 11.2 Å². The van der Waals surface area contributed by atoms with Gasteiger partial charge in [-0.1, -0.05) is 44.2 Å². The summed E-state index contributed by atoms with van der Waals surface area (Å²) in [4.78, 5) is 49.7. The number of carboxylic acid groups (broad SMARTS) is 1. The van der Waals surface area contributed by atoms with Gasteiger partial charge >= 0.3 is 17.9 Å². The number of rotatable bonds is 10. The Hall–Kier alpha value is -2.70. The van der Waals surface area contributed by atoms with Gasteiger partial charge < -0.3 is 14.6 Å². The molecule has 1 atom stereocenters. The molecule has 0 bridgehead atoms. The first kappa shape index (κ1) is 22.3. The van der Waals surface area contributed by atoms with Gasteiger partial charge in [0.1, 0.15) is 0 Å². The van der Waals surface area contributed by atoms with Crippen molar-refractivity contribution < 1.29 is 33.8 Å². The van der Waals surface area contributed by atoms with Gasteiger partial charge in [0.05, 0.1) is 6.61 Å². The van der Waals surface area contributed by atoms with E-state index in [1.807, 2.05) is 0 Å². The number of carbonyl (C=O) groups is 4. The van der Waals surface area contributed by atoms with Crippen molar-refractivity contribution in [3.63, 3.8) is 0 Å². The number of benzene rings is 1. The maximum absolute atomic E-state index is 12.8. The monoisotopic (exact) mass is 378 g/mol. The van der Waals surface area contributed by atoms with E-state index in [1.54, 1.807) is 37.3 Å². The van der Waals surface area contributed by atoms with Gasteiger partial charge in [0.25, 0.3) is 5.60 Å². The van der Waals surface area contributed by atoms with Crippen molar-refractivity contribution >= 4 is 23.7 Å². The molecule has 0 fully saturated rings. The van der Waals surface area contributed by atoms with E-state index < -0.39 is 34.7 Å². The van der Waals surface area contributed by atoms with Crippen LogP contribution >= 0.6 is 0 Å². The van der Waals surface area contributed by atoms with Crippen LogP contribution in [-0.4, -0.2) is 41.0 Å². The van der Waals surface area contributed by atoms with E-state index in [9.17, 15) is 24.3 Å². The van der Waals surface area contributed by atoms with E-state index in [0.717, 1.165) is 6.92 Å². The zero-order valence-corrected chi connectivity index (χ0v) is 16.1. The molecule has 7 nitrogen and oxygen atoms in total. The fraction of sp³-hybridized carbons (Fsp3) is 0.500. The van der Waals surface area contributed by atoms with Gasteiger partial charge in [-0.05, 0) is 32.3 Å². The first-order valence-electron chi connectivity index (χ1n) is 8.89. The maximum atomic E-state index is 12.8. The highest BCUT2D eigenvalue weighted by molar-refractivity contribution is 6.09. The number of esters is 2. The molecular weight excluding hydrogens is 352 g/mol. The normalized spacial score (nSPS) is 13.3. The number of carbonyl (C=O) groups excluding carboxylic acids is 3. The number of Topliss-reactive ketones (excluding diaryl/α,β-unsaturated/α-hetero) is 1. The maximum Gasteiger partial charge on any atom is 0.358 e. The predicted molar refractivity (Wildman–Crippen MR) is 96.9 cm³/mol. The van der Waals surface area contributed by atoms with Gasteiger partial charge in [-0.3, -0.25) is 14.4 Å². The summed E-state index contributed by atoms with van der Waals surface area (Å²) >= 11 is 0. The van der Waals surface area contributed by atoms with Crippen molar-refractivity contribution in [2.45, 2.75) is 52.6 Å². The molecule has 0 aliphatic heterocycles. The summed E-state index contributed by atoms with van der Waals surface area (Å²) in [6, 6.07) is 8.54. The number of hydrogen-bond acceptors (Lipinski definition) is 6. The summed E-state index contributed by atoms with van der Waals surface area (Å²) in [5.41, 5.74) is -3.51. The second kappa shape index (κ2) is 9.30. The number of ether oxygens (including phenoxy) is 2. The fourth-order valence-corrected chi connectivity index (χ4v) is 2.81. The highest BCUT2D eigenvalue weighted by Gasteiger charge is 2.54. The van der Waals surface area contributed by atoms with E-state index in [1.165, 1.54) is 13.8 Å². The molecule has 0 aliphatic rings. The molecule has 0 aliphatic carbocycles. The van der Waals surface area contributed by atoms with Gasteiger partial charge in [0, 0.05) is 6.42 Å². The van der Waals surface area contributed by atoms with E-state index in [2.05, 4.69) is 0 Å². The Morgan fingerprint density at radius 3 is 1.93 bits per heavy atom. The third-order valence-electron chi connectivity index (χ3n) is 4.74. The third-order valence-corrected chi connectivity index (χ3v) is 4.74. The summed E-state index contributed by atoms with van der Waals surface area (Å²) in [5.74, 6) is -4.23. The second-order valence-electron chi connectivity index (χ2n) is 6.25. The molecule has 0 saturated carbocycles. The van der Waals surface area contributed by atoms with Crippen LogP contribution in [0.4, 0.5) is 0 Å². The Morgan fingerprint density at radius 1 is 0.963 bits per heavy atom. The molecular formula is C20H26O7. The van der Waals surface area contributed by atoms with Crippen molar-refractivity contribution in [3.05, 3.63) is 35.9 Å². The topological polar surface area (TPSA) is 107 Å². The number of carboxylic acids is 1. The number of ketones is 1. The fourth-order valence-electron chi connectivity index (χ4n) is 2.81. The van der Waals surface area contributed by atoms with Crippen LogP contribution in [0.1, 0.15) is 46.1 Å². The highest BCUT2D eigenvalue weighted by Crippen LogP contribution is 2.33. The van der Waals surface area contributed by atoms with Crippen molar-refractivity contribution in [3.8, 4) is 0 Å². The minimum absolute atomic E-state index is 0.0220. The Balaban J connectivity index is 3.43. The summed E-state index contributed by atoms with van der Waals surface area (Å²) in [6.07, 6.45) is -0.323. The van der Waals surface area contributed by atoms with Crippen molar-refractivity contribution in [1.82, 2.24) is 0 Å². The SMILES string of the molecule is CCOC(=O)C(Cc1ccccc1)(OC(=O)C(CC)(CC)C(=O)O)C(C)=O. The Bertz CT molecular complexity index is 692. The lowest BCUT2D eigenvalue weighted by molar-refractivity contribution is -0.195. The van der Waals surface area contributed by atoms with Gasteiger partial charge in [-0.15, -0.1) is 0 Å². The Labute approximate surface area is 158 Å². The van der Waals surface area contributed by atoms with Gasteiger partial charge in [-0.25, -0.2) is 4.79 Å². The van der Waals surface area contributed by atoms with Crippen LogP contribution in [0.3, 0.4) is 0 Å². The molecule has 1 aromatic carbocycles. The molecule has 0 saturated heterocycles. The summed E-state index contributed by atoms with van der Waals surface area (Å²) in [5, 5.41) is 9.56.